The van der Waals surface area contributed by atoms with Crippen LogP contribution >= 0.6 is 23.4 Å². The molecule has 0 aromatic heterocycles. The molecule has 2 atom stereocenters. The molecule has 0 saturated heterocycles. The van der Waals surface area contributed by atoms with E-state index in [1.54, 1.807) is 6.92 Å². The molecule has 0 aliphatic rings. The summed E-state index contributed by atoms with van der Waals surface area (Å²) in [4.78, 5) is 23.8. The standard InChI is InChI=1S/C20H22ClNO3S/c1-3-22-20(24)14(2)25-18(23)13-26-19(15-7-5-4-6-8-15)16-9-11-17(21)12-10-16/h4-12,14,19H,3,13H2,1-2H3,(H,22,24)/t14-,19-/m1/s1. The molecule has 0 aliphatic carbocycles. The van der Waals surface area contributed by atoms with Gasteiger partial charge in [0, 0.05) is 11.6 Å². The lowest BCUT2D eigenvalue weighted by Gasteiger charge is -2.18. The predicted molar refractivity (Wildman–Crippen MR) is 106 cm³/mol. The summed E-state index contributed by atoms with van der Waals surface area (Å²) >= 11 is 7.44. The highest BCUT2D eigenvalue weighted by molar-refractivity contribution is 8.00. The second-order valence-corrected chi connectivity index (χ2v) is 7.21. The quantitative estimate of drug-likeness (QED) is 0.684. The molecule has 2 aromatic rings. The van der Waals surface area contributed by atoms with Crippen LogP contribution in [-0.2, 0) is 14.3 Å². The van der Waals surface area contributed by atoms with E-state index in [0.717, 1.165) is 11.1 Å². The lowest BCUT2D eigenvalue weighted by molar-refractivity contribution is -0.152. The number of thioether (sulfide) groups is 1. The lowest BCUT2D eigenvalue weighted by atomic mass is 10.0. The third-order valence-corrected chi connectivity index (χ3v) is 5.20. The third-order valence-electron chi connectivity index (χ3n) is 3.67. The van der Waals surface area contributed by atoms with E-state index in [-0.39, 0.29) is 16.9 Å². The Morgan fingerprint density at radius 2 is 1.69 bits per heavy atom. The molecule has 0 heterocycles. The van der Waals surface area contributed by atoms with Gasteiger partial charge < -0.3 is 10.1 Å². The predicted octanol–water partition coefficient (Wildman–Crippen LogP) is 4.23. The molecular weight excluding hydrogens is 370 g/mol. The van der Waals surface area contributed by atoms with Gasteiger partial charge in [0.05, 0.1) is 11.0 Å². The Hall–Kier alpha value is -1.98. The van der Waals surface area contributed by atoms with E-state index in [9.17, 15) is 9.59 Å². The van der Waals surface area contributed by atoms with Crippen molar-refractivity contribution in [3.63, 3.8) is 0 Å². The van der Waals surface area contributed by atoms with Crippen LogP contribution in [0.25, 0.3) is 0 Å². The Kier molecular flexibility index (Phi) is 8.01. The lowest BCUT2D eigenvalue weighted by Crippen LogP contribution is -2.36. The van der Waals surface area contributed by atoms with Gasteiger partial charge in [-0.15, -0.1) is 11.8 Å². The van der Waals surface area contributed by atoms with Gasteiger partial charge in [-0.25, -0.2) is 0 Å². The fourth-order valence-corrected chi connectivity index (χ4v) is 3.60. The van der Waals surface area contributed by atoms with Crippen molar-refractivity contribution in [3.8, 4) is 0 Å². The third kappa shape index (κ3) is 6.07. The molecule has 138 valence electrons. The zero-order valence-electron chi connectivity index (χ0n) is 14.8. The number of nitrogens with one attached hydrogen (secondary N) is 1. The number of likely N-dealkylation sites (N-methyl/N-ethyl adjacent to an activating group) is 1. The molecule has 26 heavy (non-hydrogen) atoms. The molecule has 0 saturated carbocycles. The first kappa shape index (κ1) is 20.3. The number of hydrogen-bond donors (Lipinski definition) is 1. The van der Waals surface area contributed by atoms with Crippen LogP contribution in [0.5, 0.6) is 0 Å². The number of hydrogen-bond acceptors (Lipinski definition) is 4. The second kappa shape index (κ2) is 10.2. The summed E-state index contributed by atoms with van der Waals surface area (Å²) in [5.74, 6) is -0.557. The van der Waals surface area contributed by atoms with Crippen LogP contribution in [-0.4, -0.2) is 30.3 Å². The first-order valence-electron chi connectivity index (χ1n) is 8.40. The summed E-state index contributed by atoms with van der Waals surface area (Å²) in [5.41, 5.74) is 2.14. The topological polar surface area (TPSA) is 55.4 Å². The zero-order chi connectivity index (χ0) is 18.9. The average Bonchev–Trinajstić information content (AvgIpc) is 2.64. The van der Waals surface area contributed by atoms with Crippen LogP contribution < -0.4 is 5.32 Å². The molecule has 0 radical (unpaired) electrons. The van der Waals surface area contributed by atoms with E-state index in [1.165, 1.54) is 11.8 Å². The Morgan fingerprint density at radius 3 is 2.31 bits per heavy atom. The fraction of sp³-hybridized carbons (Fsp3) is 0.300. The molecule has 2 rings (SSSR count). The first-order chi connectivity index (χ1) is 12.5. The molecule has 0 spiro atoms. The van der Waals surface area contributed by atoms with Crippen molar-refractivity contribution in [2.24, 2.45) is 0 Å². The minimum Gasteiger partial charge on any atom is -0.452 e. The van der Waals surface area contributed by atoms with Gasteiger partial charge in [0.25, 0.3) is 5.91 Å². The maximum Gasteiger partial charge on any atom is 0.316 e. The number of ether oxygens (including phenoxy) is 1. The van der Waals surface area contributed by atoms with Gasteiger partial charge in [-0.3, -0.25) is 9.59 Å². The molecule has 1 N–H and O–H groups in total. The Bertz CT molecular complexity index is 722. The number of halogens is 1. The van der Waals surface area contributed by atoms with Crippen LogP contribution in [0, 0.1) is 0 Å². The summed E-state index contributed by atoms with van der Waals surface area (Å²) in [7, 11) is 0. The van der Waals surface area contributed by atoms with Crippen LogP contribution in [0.2, 0.25) is 5.02 Å². The number of carbonyl (C=O) groups is 2. The van der Waals surface area contributed by atoms with Gasteiger partial charge in [0.1, 0.15) is 0 Å². The molecule has 1 amide bonds. The highest BCUT2D eigenvalue weighted by Crippen LogP contribution is 2.36. The van der Waals surface area contributed by atoms with Crippen LogP contribution in [0.4, 0.5) is 0 Å². The molecule has 0 fully saturated rings. The highest BCUT2D eigenvalue weighted by Gasteiger charge is 2.20. The molecular formula is C20H22ClNO3S. The van der Waals surface area contributed by atoms with Gasteiger partial charge in [0.2, 0.25) is 0 Å². The van der Waals surface area contributed by atoms with E-state index in [4.69, 9.17) is 16.3 Å². The first-order valence-corrected chi connectivity index (χ1v) is 9.83. The molecule has 0 bridgehead atoms. The van der Waals surface area contributed by atoms with Gasteiger partial charge in [0.15, 0.2) is 6.10 Å². The Labute approximate surface area is 163 Å². The monoisotopic (exact) mass is 391 g/mol. The SMILES string of the molecule is CCNC(=O)[C@@H](C)OC(=O)CS[C@H](c1ccccc1)c1ccc(Cl)cc1. The van der Waals surface area contributed by atoms with Gasteiger partial charge in [-0.2, -0.15) is 0 Å². The minimum absolute atomic E-state index is 0.0270. The second-order valence-electron chi connectivity index (χ2n) is 5.68. The Morgan fingerprint density at radius 1 is 1.08 bits per heavy atom. The zero-order valence-corrected chi connectivity index (χ0v) is 16.3. The largest absolute Gasteiger partial charge is 0.452 e. The van der Waals surface area contributed by atoms with Gasteiger partial charge in [-0.1, -0.05) is 54.1 Å². The highest BCUT2D eigenvalue weighted by atomic mass is 35.5. The Balaban J connectivity index is 2.04. The van der Waals surface area contributed by atoms with Crippen molar-refractivity contribution in [3.05, 3.63) is 70.7 Å². The van der Waals surface area contributed by atoms with Crippen LogP contribution in [0.3, 0.4) is 0 Å². The van der Waals surface area contributed by atoms with Gasteiger partial charge >= 0.3 is 5.97 Å². The molecule has 4 nitrogen and oxygen atoms in total. The van der Waals surface area contributed by atoms with Crippen LogP contribution in [0.1, 0.15) is 30.2 Å². The van der Waals surface area contributed by atoms with Crippen molar-refractivity contribution in [1.29, 1.82) is 0 Å². The number of rotatable bonds is 8. The maximum atomic E-state index is 12.1. The number of amides is 1. The summed E-state index contributed by atoms with van der Waals surface area (Å²) in [6.45, 7) is 3.89. The number of carbonyl (C=O) groups excluding carboxylic acids is 2. The normalized spacial score (nSPS) is 12.9. The van der Waals surface area contributed by atoms with Crippen molar-refractivity contribution < 1.29 is 14.3 Å². The number of benzene rings is 2. The van der Waals surface area contributed by atoms with Crippen molar-refractivity contribution >= 4 is 35.2 Å². The summed E-state index contributed by atoms with van der Waals surface area (Å²) < 4.78 is 5.21. The molecule has 0 aliphatic heterocycles. The van der Waals surface area contributed by atoms with Crippen LogP contribution in [0.15, 0.2) is 54.6 Å². The minimum atomic E-state index is -0.797. The number of esters is 1. The van der Waals surface area contributed by atoms with E-state index < -0.39 is 12.1 Å². The average molecular weight is 392 g/mol. The molecule has 0 unspecified atom stereocenters. The molecule has 6 heteroatoms. The smallest absolute Gasteiger partial charge is 0.316 e. The maximum absolute atomic E-state index is 12.1. The van der Waals surface area contributed by atoms with E-state index in [1.807, 2.05) is 61.5 Å². The molecule has 2 aromatic carbocycles. The summed E-state index contributed by atoms with van der Waals surface area (Å²) in [5, 5.41) is 3.28. The van der Waals surface area contributed by atoms with Crippen molar-refractivity contribution in [2.75, 3.05) is 12.3 Å². The fourth-order valence-electron chi connectivity index (χ4n) is 2.40. The van der Waals surface area contributed by atoms with E-state index >= 15 is 0 Å². The summed E-state index contributed by atoms with van der Waals surface area (Å²) in [6, 6.07) is 17.5. The summed E-state index contributed by atoms with van der Waals surface area (Å²) in [6.07, 6.45) is -0.797. The van der Waals surface area contributed by atoms with Crippen molar-refractivity contribution in [2.45, 2.75) is 25.2 Å². The van der Waals surface area contributed by atoms with E-state index in [0.29, 0.717) is 11.6 Å². The van der Waals surface area contributed by atoms with E-state index in [2.05, 4.69) is 5.32 Å². The van der Waals surface area contributed by atoms with Gasteiger partial charge in [-0.05, 0) is 37.1 Å². The van der Waals surface area contributed by atoms with Crippen molar-refractivity contribution in [1.82, 2.24) is 5.32 Å².